The smallest absolute Gasteiger partial charge is 0.351 e. The van der Waals surface area contributed by atoms with Crippen molar-refractivity contribution >= 4 is 33.4 Å². The second kappa shape index (κ2) is 4.51. The molecule has 1 aromatic heterocycles. The Bertz CT molecular complexity index is 250. The molecule has 0 aromatic carbocycles. The molecule has 0 spiro atoms. The first-order valence-electron chi connectivity index (χ1n) is 3.28. The first-order chi connectivity index (χ1) is 5.70. The third-order valence-electron chi connectivity index (χ3n) is 1.01. The molecule has 1 heterocycles. The van der Waals surface area contributed by atoms with Gasteiger partial charge in [-0.1, -0.05) is 20.4 Å². The van der Waals surface area contributed by atoms with Crippen LogP contribution < -0.4 is 0 Å². The van der Waals surface area contributed by atoms with Crippen LogP contribution in [0.2, 0.25) is 0 Å². The fourth-order valence-electron chi connectivity index (χ4n) is 0.519. The second-order valence-electron chi connectivity index (χ2n) is 2.16. The summed E-state index contributed by atoms with van der Waals surface area (Å²) in [7, 11) is 0. The first-order valence-corrected chi connectivity index (χ1v) is 4.97. The molecular weight excluding hydrogens is 244 g/mol. The number of esters is 1. The molecule has 6 heteroatoms. The molecule has 1 unspecified atom stereocenters. The molecule has 12 heavy (non-hydrogen) atoms. The third kappa shape index (κ3) is 2.86. The number of carbonyl (C=O) groups is 1. The van der Waals surface area contributed by atoms with Gasteiger partial charge in [0.2, 0.25) is 0 Å². The van der Waals surface area contributed by atoms with Crippen LogP contribution in [0.5, 0.6) is 0 Å². The van der Waals surface area contributed by atoms with Gasteiger partial charge in [0, 0.05) is 4.83 Å². The minimum Gasteiger partial charge on any atom is -0.460 e. The number of alkyl halides is 1. The van der Waals surface area contributed by atoms with Crippen LogP contribution >= 0.6 is 27.5 Å². The van der Waals surface area contributed by atoms with Gasteiger partial charge in [0.05, 0.1) is 6.20 Å². The molecular formula is C6H7BrN2O2S. The Hall–Kier alpha value is -0.490. The predicted octanol–water partition coefficient (Wildman–Crippen LogP) is 1.48. The minimum absolute atomic E-state index is 0.169. The summed E-state index contributed by atoms with van der Waals surface area (Å²) >= 11 is 4.29. The van der Waals surface area contributed by atoms with Crippen molar-refractivity contribution in [2.75, 3.05) is 6.61 Å². The van der Waals surface area contributed by atoms with Crippen LogP contribution in [0.15, 0.2) is 6.20 Å². The van der Waals surface area contributed by atoms with Crippen molar-refractivity contribution in [3.63, 3.8) is 0 Å². The number of carbonyl (C=O) groups excluding carboxylic acids is 1. The van der Waals surface area contributed by atoms with E-state index >= 15 is 0 Å². The molecule has 0 aliphatic rings. The summed E-state index contributed by atoms with van der Waals surface area (Å²) in [6, 6.07) is 0. The molecule has 4 nitrogen and oxygen atoms in total. The number of hydrogen-bond donors (Lipinski definition) is 0. The molecule has 1 aromatic rings. The maximum atomic E-state index is 11.1. The number of hydrogen-bond acceptors (Lipinski definition) is 5. The van der Waals surface area contributed by atoms with E-state index in [1.165, 1.54) is 6.20 Å². The third-order valence-corrected chi connectivity index (χ3v) is 1.92. The summed E-state index contributed by atoms with van der Waals surface area (Å²) in [5, 5.41) is 3.53. The zero-order valence-electron chi connectivity index (χ0n) is 6.36. The Morgan fingerprint density at radius 2 is 2.67 bits per heavy atom. The highest BCUT2D eigenvalue weighted by Crippen LogP contribution is 2.06. The Balaban J connectivity index is 2.40. The maximum absolute atomic E-state index is 11.1. The van der Waals surface area contributed by atoms with Gasteiger partial charge >= 0.3 is 5.97 Å². The summed E-state index contributed by atoms with van der Waals surface area (Å²) in [5.74, 6) is -0.365. The van der Waals surface area contributed by atoms with Crippen molar-refractivity contribution in [3.8, 4) is 0 Å². The molecule has 1 atom stereocenters. The predicted molar refractivity (Wildman–Crippen MR) is 48.6 cm³/mol. The molecule has 0 aliphatic carbocycles. The van der Waals surface area contributed by atoms with Gasteiger partial charge in [-0.25, -0.2) is 4.79 Å². The fourth-order valence-corrected chi connectivity index (χ4v) is 1.06. The van der Waals surface area contributed by atoms with E-state index in [-0.39, 0.29) is 10.8 Å². The van der Waals surface area contributed by atoms with E-state index in [1.807, 2.05) is 6.92 Å². The first kappa shape index (κ1) is 9.60. The largest absolute Gasteiger partial charge is 0.460 e. The summed E-state index contributed by atoms with van der Waals surface area (Å²) < 4.78 is 8.44. The van der Waals surface area contributed by atoms with E-state index < -0.39 is 0 Å². The molecule has 0 aliphatic heterocycles. The Kier molecular flexibility index (Phi) is 3.61. The second-order valence-corrected chi connectivity index (χ2v) is 4.51. The highest BCUT2D eigenvalue weighted by Gasteiger charge is 2.10. The van der Waals surface area contributed by atoms with Crippen molar-refractivity contribution in [2.45, 2.75) is 11.8 Å². The van der Waals surface area contributed by atoms with Crippen LogP contribution in [0.4, 0.5) is 0 Å². The van der Waals surface area contributed by atoms with Gasteiger partial charge in [0.1, 0.15) is 6.61 Å². The SMILES string of the molecule is CC(Br)COC(=O)c1cnns1. The van der Waals surface area contributed by atoms with Crippen LogP contribution in [0, 0.1) is 0 Å². The molecule has 0 saturated heterocycles. The number of aromatic nitrogens is 2. The van der Waals surface area contributed by atoms with Gasteiger partial charge in [-0.15, -0.1) is 5.10 Å². The molecule has 66 valence electrons. The lowest BCUT2D eigenvalue weighted by atomic mass is 10.5. The van der Waals surface area contributed by atoms with Gasteiger partial charge in [0.25, 0.3) is 0 Å². The monoisotopic (exact) mass is 250 g/mol. The van der Waals surface area contributed by atoms with E-state index in [4.69, 9.17) is 4.74 Å². The minimum atomic E-state index is -0.365. The van der Waals surface area contributed by atoms with Gasteiger partial charge in [0.15, 0.2) is 4.88 Å². The topological polar surface area (TPSA) is 52.1 Å². The highest BCUT2D eigenvalue weighted by molar-refractivity contribution is 9.09. The standard InChI is InChI=1S/C6H7BrN2O2S/c1-4(7)3-11-6(10)5-2-8-9-12-5/h2,4H,3H2,1H3. The fraction of sp³-hybridized carbons (Fsp3) is 0.500. The van der Waals surface area contributed by atoms with Crippen molar-refractivity contribution in [1.29, 1.82) is 0 Å². The quantitative estimate of drug-likeness (QED) is 0.603. The molecule has 0 amide bonds. The Labute approximate surface area is 82.2 Å². The number of halogens is 1. The van der Waals surface area contributed by atoms with Crippen LogP contribution in [-0.2, 0) is 4.74 Å². The average molecular weight is 251 g/mol. The number of ether oxygens (including phenoxy) is 1. The van der Waals surface area contributed by atoms with E-state index in [1.54, 1.807) is 0 Å². The van der Waals surface area contributed by atoms with Gasteiger partial charge in [-0.05, 0) is 18.5 Å². The van der Waals surface area contributed by atoms with Gasteiger partial charge in [-0.3, -0.25) is 0 Å². The summed E-state index contributed by atoms with van der Waals surface area (Å²) in [5.41, 5.74) is 0. The van der Waals surface area contributed by atoms with Crippen LogP contribution in [0.25, 0.3) is 0 Å². The van der Waals surface area contributed by atoms with Gasteiger partial charge in [-0.2, -0.15) is 0 Å². The van der Waals surface area contributed by atoms with Crippen molar-refractivity contribution in [1.82, 2.24) is 9.59 Å². The lowest BCUT2D eigenvalue weighted by Crippen LogP contribution is -2.10. The van der Waals surface area contributed by atoms with E-state index in [9.17, 15) is 4.79 Å². The van der Waals surface area contributed by atoms with Gasteiger partial charge < -0.3 is 4.74 Å². The molecule has 0 fully saturated rings. The van der Waals surface area contributed by atoms with Crippen LogP contribution in [0.1, 0.15) is 16.6 Å². The van der Waals surface area contributed by atoms with E-state index in [0.29, 0.717) is 11.5 Å². The van der Waals surface area contributed by atoms with E-state index in [0.717, 1.165) is 11.5 Å². The van der Waals surface area contributed by atoms with Crippen molar-refractivity contribution < 1.29 is 9.53 Å². The molecule has 1 rings (SSSR count). The molecule has 0 saturated carbocycles. The van der Waals surface area contributed by atoms with E-state index in [2.05, 4.69) is 25.5 Å². The summed E-state index contributed by atoms with van der Waals surface area (Å²) in [6.07, 6.45) is 1.39. The highest BCUT2D eigenvalue weighted by atomic mass is 79.9. The molecule has 0 N–H and O–H groups in total. The zero-order chi connectivity index (χ0) is 8.97. The Morgan fingerprint density at radius 1 is 1.92 bits per heavy atom. The lowest BCUT2D eigenvalue weighted by molar-refractivity contribution is 0.0517. The zero-order valence-corrected chi connectivity index (χ0v) is 8.76. The normalized spacial score (nSPS) is 12.5. The number of nitrogens with zero attached hydrogens (tertiary/aromatic N) is 2. The number of rotatable bonds is 3. The van der Waals surface area contributed by atoms with Crippen LogP contribution in [-0.4, -0.2) is 27.0 Å². The lowest BCUT2D eigenvalue weighted by Gasteiger charge is -2.02. The molecule has 0 radical (unpaired) electrons. The maximum Gasteiger partial charge on any atom is 0.351 e. The van der Waals surface area contributed by atoms with Crippen molar-refractivity contribution in [2.24, 2.45) is 0 Å². The van der Waals surface area contributed by atoms with Crippen molar-refractivity contribution in [3.05, 3.63) is 11.1 Å². The molecule has 0 bridgehead atoms. The van der Waals surface area contributed by atoms with Crippen LogP contribution in [0.3, 0.4) is 0 Å². The summed E-state index contributed by atoms with van der Waals surface area (Å²) in [4.78, 5) is 11.7. The average Bonchev–Trinajstić information content (AvgIpc) is 2.51. The Morgan fingerprint density at radius 3 is 3.17 bits per heavy atom. The summed E-state index contributed by atoms with van der Waals surface area (Å²) in [6.45, 7) is 2.26.